The van der Waals surface area contributed by atoms with Gasteiger partial charge in [0.05, 0.1) is 39.0 Å². The van der Waals surface area contributed by atoms with Crippen LogP contribution in [0.25, 0.3) is 0 Å². The van der Waals surface area contributed by atoms with Gasteiger partial charge in [-0.1, -0.05) is 103 Å². The van der Waals surface area contributed by atoms with Crippen LogP contribution < -0.4 is 5.11 Å². The van der Waals surface area contributed by atoms with Gasteiger partial charge in [-0.25, -0.2) is 0 Å². The monoisotopic (exact) mass is 553 g/mol. The van der Waals surface area contributed by atoms with Gasteiger partial charge in [0.1, 0.15) is 0 Å². The average Bonchev–Trinajstić information content (AvgIpc) is 2.90. The Morgan fingerprint density at radius 2 is 0.897 bits per heavy atom. The standard InChI is InChI=1S/C32H59NO6/c1-2-3-4-5-6-7-8-9-10-11-12-13-14-15-16-17-18-19-20-21-22-26-33(27-23-30(34)35,28-24-31(36)37)29-25-32(38)39/h9-10H,2-8,11-29H2,1H3,(H2-,34,35,36,37,38,39)/b10-9+. The molecule has 0 aromatic carbocycles. The molecule has 0 aromatic heterocycles. The molecule has 0 saturated heterocycles. The highest BCUT2D eigenvalue weighted by molar-refractivity contribution is 5.67. The van der Waals surface area contributed by atoms with Gasteiger partial charge < -0.3 is 24.6 Å². The highest BCUT2D eigenvalue weighted by Gasteiger charge is 2.28. The third-order valence-electron chi connectivity index (χ3n) is 7.78. The highest BCUT2D eigenvalue weighted by atomic mass is 16.4. The molecule has 0 aliphatic heterocycles. The van der Waals surface area contributed by atoms with Gasteiger partial charge in [0.15, 0.2) is 0 Å². The van der Waals surface area contributed by atoms with Crippen LogP contribution in [0.3, 0.4) is 0 Å². The summed E-state index contributed by atoms with van der Waals surface area (Å²) in [5, 5.41) is 29.3. The smallest absolute Gasteiger partial charge is 0.309 e. The Labute approximate surface area is 238 Å². The molecule has 0 spiro atoms. The average molecular weight is 554 g/mol. The first-order valence-corrected chi connectivity index (χ1v) is 15.9. The summed E-state index contributed by atoms with van der Waals surface area (Å²) in [6, 6.07) is 0. The van der Waals surface area contributed by atoms with Crippen molar-refractivity contribution in [3.05, 3.63) is 12.2 Å². The van der Waals surface area contributed by atoms with E-state index in [1.54, 1.807) is 0 Å². The van der Waals surface area contributed by atoms with Gasteiger partial charge in [0, 0.05) is 12.4 Å². The molecule has 0 aliphatic rings. The molecule has 0 amide bonds. The van der Waals surface area contributed by atoms with Crippen molar-refractivity contribution in [3.8, 4) is 0 Å². The lowest BCUT2D eigenvalue weighted by Crippen LogP contribution is -2.53. The lowest BCUT2D eigenvalue weighted by molar-refractivity contribution is -0.927. The van der Waals surface area contributed by atoms with Crippen molar-refractivity contribution in [3.63, 3.8) is 0 Å². The molecule has 0 heterocycles. The maximum Gasteiger partial charge on any atom is 0.309 e. The Kier molecular flexibility index (Phi) is 25.1. The van der Waals surface area contributed by atoms with E-state index < -0.39 is 17.9 Å². The number of allylic oxidation sites excluding steroid dienone is 2. The second kappa shape index (κ2) is 26.3. The van der Waals surface area contributed by atoms with Crippen molar-refractivity contribution in [2.24, 2.45) is 0 Å². The SMILES string of the molecule is CCCCCCCC/C=C/CCCCCCCCCCCCC[N+](CCC(=O)[O-])(CCC(=O)O)CCC(=O)O. The van der Waals surface area contributed by atoms with Gasteiger partial charge in [-0.2, -0.15) is 0 Å². The minimum Gasteiger partial charge on any atom is -0.550 e. The largest absolute Gasteiger partial charge is 0.550 e. The Morgan fingerprint density at radius 1 is 0.538 bits per heavy atom. The Bertz CT molecular complexity index is 603. The third-order valence-corrected chi connectivity index (χ3v) is 7.78. The molecule has 7 heteroatoms. The number of rotatable bonds is 30. The van der Waals surface area contributed by atoms with Crippen LogP contribution in [0.15, 0.2) is 12.2 Å². The lowest BCUT2D eigenvalue weighted by atomic mass is 10.0. The van der Waals surface area contributed by atoms with Crippen LogP contribution in [0.4, 0.5) is 0 Å². The number of carboxylic acid groups (broad SMARTS) is 3. The summed E-state index contributed by atoms with van der Waals surface area (Å²) in [7, 11) is 0. The van der Waals surface area contributed by atoms with Crippen molar-refractivity contribution in [1.29, 1.82) is 0 Å². The van der Waals surface area contributed by atoms with Gasteiger partial charge in [-0.05, 0) is 38.5 Å². The van der Waals surface area contributed by atoms with E-state index in [2.05, 4.69) is 19.1 Å². The van der Waals surface area contributed by atoms with E-state index in [1.807, 2.05) is 0 Å². The van der Waals surface area contributed by atoms with Gasteiger partial charge in [0.2, 0.25) is 0 Å². The van der Waals surface area contributed by atoms with Crippen LogP contribution >= 0.6 is 0 Å². The molecule has 0 unspecified atom stereocenters. The molecule has 39 heavy (non-hydrogen) atoms. The summed E-state index contributed by atoms with van der Waals surface area (Å²) in [6.07, 6.45) is 28.2. The number of hydrogen-bond donors (Lipinski definition) is 2. The first kappa shape index (κ1) is 37.1. The molecule has 0 aliphatic carbocycles. The van der Waals surface area contributed by atoms with Gasteiger partial charge in [-0.3, -0.25) is 9.59 Å². The second-order valence-corrected chi connectivity index (χ2v) is 11.4. The quantitative estimate of drug-likeness (QED) is 0.0569. The molecule has 0 bridgehead atoms. The minimum atomic E-state index is -1.18. The van der Waals surface area contributed by atoms with Crippen molar-refractivity contribution in [2.75, 3.05) is 26.2 Å². The van der Waals surface area contributed by atoms with Crippen LogP contribution in [0.5, 0.6) is 0 Å². The number of hydrogen-bond acceptors (Lipinski definition) is 4. The molecule has 0 rings (SSSR count). The summed E-state index contributed by atoms with van der Waals surface area (Å²) in [4.78, 5) is 33.3. The molecule has 0 saturated carbocycles. The summed E-state index contributed by atoms with van der Waals surface area (Å²) >= 11 is 0. The van der Waals surface area contributed by atoms with Crippen molar-refractivity contribution in [1.82, 2.24) is 0 Å². The fraction of sp³-hybridized carbons (Fsp3) is 0.844. The topological polar surface area (TPSA) is 115 Å². The summed E-state index contributed by atoms with van der Waals surface area (Å²) in [5.74, 6) is -3.08. The second-order valence-electron chi connectivity index (χ2n) is 11.4. The fourth-order valence-corrected chi connectivity index (χ4v) is 5.24. The van der Waals surface area contributed by atoms with E-state index in [-0.39, 0.29) is 43.4 Å². The van der Waals surface area contributed by atoms with Crippen LogP contribution in [0, 0.1) is 0 Å². The first-order valence-electron chi connectivity index (χ1n) is 15.9. The molecule has 7 nitrogen and oxygen atoms in total. The number of carboxylic acids is 3. The van der Waals surface area contributed by atoms with Crippen molar-refractivity contribution >= 4 is 17.9 Å². The predicted molar refractivity (Wildman–Crippen MR) is 156 cm³/mol. The summed E-state index contributed by atoms with van der Waals surface area (Å²) < 4.78 is 0.224. The van der Waals surface area contributed by atoms with Crippen molar-refractivity contribution < 1.29 is 34.2 Å². The maximum atomic E-state index is 11.1. The number of aliphatic carboxylic acids is 3. The molecule has 0 atom stereocenters. The normalized spacial score (nSPS) is 11.8. The molecular weight excluding hydrogens is 494 g/mol. The minimum absolute atomic E-state index is 0.0946. The van der Waals surface area contributed by atoms with Crippen LogP contribution in [-0.4, -0.2) is 58.8 Å². The summed E-state index contributed by atoms with van der Waals surface area (Å²) in [6.45, 7) is 3.61. The Balaban J connectivity index is 3.87. The van der Waals surface area contributed by atoms with Crippen LogP contribution in [0.2, 0.25) is 0 Å². The summed E-state index contributed by atoms with van der Waals surface area (Å²) in [5.41, 5.74) is 0. The molecule has 0 radical (unpaired) electrons. The number of quaternary nitrogens is 1. The molecular formula is C32H59NO6. The fourth-order valence-electron chi connectivity index (χ4n) is 5.24. The van der Waals surface area contributed by atoms with E-state index in [4.69, 9.17) is 10.2 Å². The number of carbonyl (C=O) groups is 3. The van der Waals surface area contributed by atoms with Gasteiger partial charge >= 0.3 is 11.9 Å². The Morgan fingerprint density at radius 3 is 1.28 bits per heavy atom. The van der Waals surface area contributed by atoms with E-state index >= 15 is 0 Å². The van der Waals surface area contributed by atoms with Crippen LogP contribution in [-0.2, 0) is 14.4 Å². The Hall–Kier alpha value is -1.89. The van der Waals surface area contributed by atoms with E-state index in [1.165, 1.54) is 103 Å². The molecule has 2 N–H and O–H groups in total. The van der Waals surface area contributed by atoms with E-state index in [0.717, 1.165) is 19.3 Å². The zero-order chi connectivity index (χ0) is 29.0. The van der Waals surface area contributed by atoms with Gasteiger partial charge in [0.25, 0.3) is 0 Å². The van der Waals surface area contributed by atoms with E-state index in [0.29, 0.717) is 6.54 Å². The number of unbranched alkanes of at least 4 members (excludes halogenated alkanes) is 17. The molecule has 0 aromatic rings. The molecule has 228 valence electrons. The number of carbonyl (C=O) groups excluding carboxylic acids is 1. The third kappa shape index (κ3) is 26.1. The van der Waals surface area contributed by atoms with Crippen molar-refractivity contribution in [2.45, 2.75) is 148 Å². The maximum absolute atomic E-state index is 11.1. The van der Waals surface area contributed by atoms with Gasteiger partial charge in [-0.15, -0.1) is 0 Å². The van der Waals surface area contributed by atoms with Crippen LogP contribution in [0.1, 0.15) is 148 Å². The zero-order valence-electron chi connectivity index (χ0n) is 25.0. The van der Waals surface area contributed by atoms with E-state index in [9.17, 15) is 19.5 Å². The number of nitrogens with zero attached hydrogens (tertiary/aromatic N) is 1. The highest BCUT2D eigenvalue weighted by Crippen LogP contribution is 2.17. The predicted octanol–water partition coefficient (Wildman–Crippen LogP) is 6.88. The molecule has 0 fully saturated rings. The zero-order valence-corrected chi connectivity index (χ0v) is 25.0. The first-order chi connectivity index (χ1) is 18.8. The lowest BCUT2D eigenvalue weighted by Gasteiger charge is -2.38.